The van der Waals surface area contributed by atoms with E-state index < -0.39 is 0 Å². The topological polar surface area (TPSA) is 65.3 Å². The van der Waals surface area contributed by atoms with Crippen molar-refractivity contribution >= 4 is 17.6 Å². The number of amides is 1. The van der Waals surface area contributed by atoms with Crippen LogP contribution in [0.25, 0.3) is 0 Å². The minimum Gasteiger partial charge on any atom is -0.295 e. The van der Waals surface area contributed by atoms with Crippen LogP contribution in [0.4, 0.5) is 0 Å². The number of carbonyl (C=O) groups is 1. The number of nitrogens with zero attached hydrogens (tertiary/aromatic N) is 1. The number of hydrogen-bond donors (Lipinski definition) is 2. The summed E-state index contributed by atoms with van der Waals surface area (Å²) in [5, 5.41) is 9.86. The van der Waals surface area contributed by atoms with Crippen molar-refractivity contribution in [2.75, 3.05) is 0 Å². The second-order valence-corrected chi connectivity index (χ2v) is 3.75. The Morgan fingerprint density at radius 2 is 2.12 bits per heavy atom. The largest absolute Gasteiger partial charge is 0.295 e. The third-order valence-corrected chi connectivity index (χ3v) is 2.50. The Kier molecular flexibility index (Phi) is 2.81. The van der Waals surface area contributed by atoms with Crippen LogP contribution in [0.3, 0.4) is 0 Å². The van der Waals surface area contributed by atoms with Gasteiger partial charge in [0.2, 0.25) is 11.9 Å². The predicted octanol–water partition coefficient (Wildman–Crippen LogP) is 1.49. The molecule has 1 aromatic rings. The number of benzene rings is 1. The van der Waals surface area contributed by atoms with Gasteiger partial charge < -0.3 is 0 Å². The summed E-state index contributed by atoms with van der Waals surface area (Å²) in [7, 11) is 0. The van der Waals surface area contributed by atoms with Gasteiger partial charge in [0.05, 0.1) is 5.71 Å². The van der Waals surface area contributed by atoms with Crippen LogP contribution in [-0.2, 0) is 11.2 Å². The predicted molar refractivity (Wildman–Crippen MR) is 62.8 cm³/mol. The quantitative estimate of drug-likeness (QED) is 0.500. The van der Waals surface area contributed by atoms with Gasteiger partial charge in [-0.05, 0) is 24.0 Å². The lowest BCUT2D eigenvalue weighted by Crippen LogP contribution is -2.26. The monoisotopic (exact) mass is 215 g/mol. The van der Waals surface area contributed by atoms with Crippen molar-refractivity contribution < 1.29 is 4.79 Å². The minimum absolute atomic E-state index is 0.0841. The van der Waals surface area contributed by atoms with E-state index in [1.165, 1.54) is 12.5 Å². The van der Waals surface area contributed by atoms with Crippen LogP contribution in [0.1, 0.15) is 24.5 Å². The molecule has 0 spiro atoms. The lowest BCUT2D eigenvalue weighted by atomic mass is 10.1. The molecule has 4 heteroatoms. The summed E-state index contributed by atoms with van der Waals surface area (Å²) in [6.45, 7) is 1.37. The summed E-state index contributed by atoms with van der Waals surface area (Å²) >= 11 is 0. The summed E-state index contributed by atoms with van der Waals surface area (Å²) in [6.07, 6.45) is 1.80. The summed E-state index contributed by atoms with van der Waals surface area (Å²) in [5.41, 5.74) is 3.24. The summed E-state index contributed by atoms with van der Waals surface area (Å²) in [4.78, 5) is 14.9. The van der Waals surface area contributed by atoms with E-state index in [0.29, 0.717) is 0 Å². The Hall–Kier alpha value is -1.97. The number of rotatable bonds is 0. The second-order valence-electron chi connectivity index (χ2n) is 3.75. The van der Waals surface area contributed by atoms with E-state index in [-0.39, 0.29) is 11.9 Å². The molecule has 16 heavy (non-hydrogen) atoms. The molecule has 82 valence electrons. The molecular weight excluding hydrogens is 202 g/mol. The van der Waals surface area contributed by atoms with Gasteiger partial charge in [0.1, 0.15) is 0 Å². The first-order valence-electron chi connectivity index (χ1n) is 5.19. The standard InChI is InChI=1S/C12H13N3O/c1-8(16)14-12(13)15-11-7-6-9-4-2-3-5-10(9)11/h2-5H,6-7H2,1H3,(H2,13,14,16). The van der Waals surface area contributed by atoms with E-state index in [1.54, 1.807) is 0 Å². The maximum atomic E-state index is 10.8. The van der Waals surface area contributed by atoms with Crippen LogP contribution < -0.4 is 5.32 Å². The highest BCUT2D eigenvalue weighted by molar-refractivity contribution is 6.11. The fraction of sp³-hybridized carbons (Fsp3) is 0.250. The van der Waals surface area contributed by atoms with Crippen molar-refractivity contribution in [3.8, 4) is 0 Å². The molecule has 0 aromatic heterocycles. The Bertz CT molecular complexity index is 477. The molecule has 1 aliphatic rings. The third-order valence-electron chi connectivity index (χ3n) is 2.50. The van der Waals surface area contributed by atoms with Crippen LogP contribution >= 0.6 is 0 Å². The average Bonchev–Trinajstić information content (AvgIpc) is 2.61. The third kappa shape index (κ3) is 2.16. The van der Waals surface area contributed by atoms with Gasteiger partial charge in [0, 0.05) is 6.92 Å². The molecule has 0 aliphatic heterocycles. The first-order chi connectivity index (χ1) is 7.66. The highest BCUT2D eigenvalue weighted by Crippen LogP contribution is 2.21. The highest BCUT2D eigenvalue weighted by Gasteiger charge is 2.17. The number of aryl methyl sites for hydroxylation is 1. The average molecular weight is 215 g/mol. The van der Waals surface area contributed by atoms with E-state index in [9.17, 15) is 4.79 Å². The molecule has 1 aliphatic carbocycles. The van der Waals surface area contributed by atoms with Crippen molar-refractivity contribution in [1.29, 1.82) is 5.41 Å². The molecule has 0 bridgehead atoms. The van der Waals surface area contributed by atoms with Crippen LogP contribution in [0.5, 0.6) is 0 Å². The molecule has 1 amide bonds. The van der Waals surface area contributed by atoms with Gasteiger partial charge in [0.25, 0.3) is 0 Å². The lowest BCUT2D eigenvalue weighted by Gasteiger charge is -2.01. The molecule has 0 saturated carbocycles. The maximum absolute atomic E-state index is 10.8. The van der Waals surface area contributed by atoms with E-state index >= 15 is 0 Å². The van der Waals surface area contributed by atoms with Crippen LogP contribution in [0.2, 0.25) is 0 Å². The van der Waals surface area contributed by atoms with Crippen molar-refractivity contribution in [3.63, 3.8) is 0 Å². The normalized spacial score (nSPS) is 15.9. The fourth-order valence-electron chi connectivity index (χ4n) is 1.85. The molecule has 0 atom stereocenters. The summed E-state index contributed by atoms with van der Waals surface area (Å²) < 4.78 is 0. The number of hydrogen-bond acceptors (Lipinski definition) is 2. The number of nitrogens with one attached hydrogen (secondary N) is 2. The molecule has 2 N–H and O–H groups in total. The van der Waals surface area contributed by atoms with E-state index in [0.717, 1.165) is 24.1 Å². The number of guanidine groups is 1. The zero-order chi connectivity index (χ0) is 11.5. The van der Waals surface area contributed by atoms with Gasteiger partial charge in [0.15, 0.2) is 0 Å². The Morgan fingerprint density at radius 1 is 1.38 bits per heavy atom. The highest BCUT2D eigenvalue weighted by atomic mass is 16.1. The molecule has 4 nitrogen and oxygen atoms in total. The van der Waals surface area contributed by atoms with Gasteiger partial charge in [-0.15, -0.1) is 0 Å². The van der Waals surface area contributed by atoms with Gasteiger partial charge in [-0.25, -0.2) is 4.99 Å². The number of fused-ring (bicyclic) bond motifs is 1. The van der Waals surface area contributed by atoms with E-state index in [4.69, 9.17) is 5.41 Å². The Balaban J connectivity index is 2.22. The van der Waals surface area contributed by atoms with E-state index in [1.807, 2.05) is 18.2 Å². The molecule has 1 aromatic carbocycles. The maximum Gasteiger partial charge on any atom is 0.223 e. The molecule has 2 rings (SSSR count). The zero-order valence-corrected chi connectivity index (χ0v) is 9.08. The van der Waals surface area contributed by atoms with Crippen LogP contribution in [-0.4, -0.2) is 17.6 Å². The first-order valence-corrected chi connectivity index (χ1v) is 5.19. The van der Waals surface area contributed by atoms with Crippen molar-refractivity contribution in [2.24, 2.45) is 4.99 Å². The first kappa shape index (κ1) is 10.5. The van der Waals surface area contributed by atoms with Crippen molar-refractivity contribution in [3.05, 3.63) is 35.4 Å². The molecule has 0 saturated heterocycles. The minimum atomic E-state index is -0.263. The second kappa shape index (κ2) is 4.26. The SMILES string of the molecule is CC(=O)NC(=N)N=C1CCc2ccccc21. The molecular formula is C12H13N3O. The summed E-state index contributed by atoms with van der Waals surface area (Å²) in [5.74, 6) is -0.347. The van der Waals surface area contributed by atoms with Gasteiger partial charge >= 0.3 is 0 Å². The van der Waals surface area contributed by atoms with E-state index in [2.05, 4.69) is 16.4 Å². The van der Waals surface area contributed by atoms with Crippen LogP contribution in [0.15, 0.2) is 29.3 Å². The van der Waals surface area contributed by atoms with Crippen molar-refractivity contribution in [2.45, 2.75) is 19.8 Å². The fourth-order valence-corrected chi connectivity index (χ4v) is 1.85. The molecule has 0 unspecified atom stereocenters. The van der Waals surface area contributed by atoms with Gasteiger partial charge in [-0.1, -0.05) is 24.3 Å². The van der Waals surface area contributed by atoms with Crippen LogP contribution in [0, 0.1) is 5.41 Å². The zero-order valence-electron chi connectivity index (χ0n) is 9.08. The summed E-state index contributed by atoms with van der Waals surface area (Å²) in [6, 6.07) is 8.03. The molecule has 0 fully saturated rings. The number of carbonyl (C=O) groups excluding carboxylic acids is 1. The number of aliphatic imine (C=N–C) groups is 1. The van der Waals surface area contributed by atoms with Gasteiger partial charge in [-0.2, -0.15) is 0 Å². The Morgan fingerprint density at radius 3 is 2.88 bits per heavy atom. The molecule has 0 radical (unpaired) electrons. The molecule has 0 heterocycles. The lowest BCUT2D eigenvalue weighted by molar-refractivity contribution is -0.117. The Labute approximate surface area is 93.9 Å². The van der Waals surface area contributed by atoms with Gasteiger partial charge in [-0.3, -0.25) is 15.5 Å². The smallest absolute Gasteiger partial charge is 0.223 e. The van der Waals surface area contributed by atoms with Crippen molar-refractivity contribution in [1.82, 2.24) is 5.32 Å².